The van der Waals surface area contributed by atoms with E-state index < -0.39 is 0 Å². The largest absolute Gasteiger partial charge is 0.113 e. The van der Waals surface area contributed by atoms with E-state index in [2.05, 4.69) is 109 Å². The fourth-order valence-corrected chi connectivity index (χ4v) is 6.24. The van der Waals surface area contributed by atoms with Gasteiger partial charge in [0.15, 0.2) is 0 Å². The third-order valence-electron chi connectivity index (χ3n) is 8.35. The van der Waals surface area contributed by atoms with Gasteiger partial charge < -0.3 is 0 Å². The van der Waals surface area contributed by atoms with Gasteiger partial charge in [-0.2, -0.15) is 0 Å². The first kappa shape index (κ1) is 25.5. The van der Waals surface area contributed by atoms with E-state index in [9.17, 15) is 0 Å². The summed E-state index contributed by atoms with van der Waals surface area (Å²) < 4.78 is 0. The van der Waals surface area contributed by atoms with Gasteiger partial charge in [0, 0.05) is 0 Å². The van der Waals surface area contributed by atoms with E-state index in [0.717, 1.165) is 27.1 Å². The van der Waals surface area contributed by atoms with Gasteiger partial charge in [-0.05, 0) is 84.8 Å². The highest BCUT2D eigenvalue weighted by atomic mass is 14.2. The molecule has 0 saturated heterocycles. The third kappa shape index (κ3) is 3.97. The second kappa shape index (κ2) is 9.89. The second-order valence-electron chi connectivity index (χ2n) is 10.6. The summed E-state index contributed by atoms with van der Waals surface area (Å²) in [6.07, 6.45) is 0. The Morgan fingerprint density at radius 3 is 1.41 bits per heavy atom. The van der Waals surface area contributed by atoms with Crippen molar-refractivity contribution in [2.45, 2.75) is 6.92 Å². The molecule has 0 spiro atoms. The van der Waals surface area contributed by atoms with Crippen LogP contribution in [0.5, 0.6) is 0 Å². The number of benzene rings is 7. The summed E-state index contributed by atoms with van der Waals surface area (Å²) in [6.45, 7) is 1.85. The fraction of sp³-hybridized carbons (Fsp3) is 0.0270. The van der Waals surface area contributed by atoms with Crippen LogP contribution >= 0.6 is 0 Å². The van der Waals surface area contributed by atoms with Gasteiger partial charge in [0.2, 0.25) is 0 Å². The van der Waals surface area contributed by atoms with Crippen LogP contribution in [-0.2, 0) is 0 Å². The molecule has 0 unspecified atom stereocenters. The minimum atomic E-state index is 0.453. The molecule has 0 heterocycles. The molecule has 0 aliphatic carbocycles. The van der Waals surface area contributed by atoms with Gasteiger partial charge in [-0.15, -0.1) is 10.9 Å². The van der Waals surface area contributed by atoms with E-state index >= 15 is 0 Å². The van der Waals surface area contributed by atoms with Gasteiger partial charge in [-0.1, -0.05) is 120 Å². The monoisotopic (exact) mass is 510 g/mol. The van der Waals surface area contributed by atoms with Crippen molar-refractivity contribution >= 4 is 85.6 Å². The average molecular weight is 510 g/mol. The molecule has 0 N–H and O–H groups in total. The molecular weight excluding hydrogens is 488 g/mol. The molecule has 0 atom stereocenters. The predicted molar refractivity (Wildman–Crippen MR) is 182 cm³/mol. The lowest BCUT2D eigenvalue weighted by molar-refractivity contribution is 1.59. The van der Waals surface area contributed by atoms with E-state index in [1.807, 2.05) is 13.0 Å². The van der Waals surface area contributed by atoms with Crippen LogP contribution in [0.25, 0.3) is 65.7 Å². The zero-order valence-electron chi connectivity index (χ0n) is 22.8. The van der Waals surface area contributed by atoms with Crippen molar-refractivity contribution in [3.63, 3.8) is 0 Å². The fourth-order valence-electron chi connectivity index (χ4n) is 6.24. The van der Waals surface area contributed by atoms with Crippen molar-refractivity contribution in [1.29, 1.82) is 0 Å². The first-order valence-electron chi connectivity index (χ1n) is 13.7. The van der Waals surface area contributed by atoms with Crippen LogP contribution in [0.15, 0.2) is 115 Å². The SMILES string of the molecule is [B]c1c([B])c(-c2c3ccccc3c(-c3cc(-c4ccccc4)cc4ccccc34)c3ccccc23)c([B])c([B])c1C. The van der Waals surface area contributed by atoms with Crippen LogP contribution in [-0.4, -0.2) is 31.4 Å². The van der Waals surface area contributed by atoms with Crippen molar-refractivity contribution in [2.24, 2.45) is 0 Å². The summed E-state index contributed by atoms with van der Waals surface area (Å²) in [7, 11) is 26.4. The lowest BCUT2D eigenvalue weighted by Crippen LogP contribution is -2.45. The van der Waals surface area contributed by atoms with Crippen molar-refractivity contribution in [3.05, 3.63) is 121 Å². The minimum absolute atomic E-state index is 0.453. The maximum atomic E-state index is 6.71. The lowest BCUT2D eigenvalue weighted by Gasteiger charge is -2.25. The Balaban J connectivity index is 1.68. The molecule has 4 heteroatoms. The zero-order valence-corrected chi connectivity index (χ0v) is 22.8. The number of fused-ring (bicyclic) bond motifs is 3. The first-order valence-corrected chi connectivity index (χ1v) is 13.7. The number of rotatable bonds is 3. The van der Waals surface area contributed by atoms with E-state index in [0.29, 0.717) is 33.0 Å². The van der Waals surface area contributed by atoms with Gasteiger partial charge in [0.05, 0.1) is 0 Å². The Kier molecular flexibility index (Phi) is 6.16. The highest BCUT2D eigenvalue weighted by Gasteiger charge is 2.21. The Bertz CT molecular complexity index is 2060. The molecule has 7 rings (SSSR count). The molecule has 0 fully saturated rings. The molecule has 0 amide bonds. The molecule has 0 aliphatic rings. The van der Waals surface area contributed by atoms with E-state index in [1.54, 1.807) is 0 Å². The minimum Gasteiger partial charge on any atom is -0.101 e. The molecule has 182 valence electrons. The Hall–Kier alpha value is -4.42. The summed E-state index contributed by atoms with van der Waals surface area (Å²) in [4.78, 5) is 0. The van der Waals surface area contributed by atoms with Gasteiger partial charge in [-0.25, -0.2) is 0 Å². The van der Waals surface area contributed by atoms with Crippen molar-refractivity contribution in [3.8, 4) is 33.4 Å². The molecular formula is C37H22B4. The van der Waals surface area contributed by atoms with Gasteiger partial charge >= 0.3 is 0 Å². The highest BCUT2D eigenvalue weighted by Crippen LogP contribution is 2.45. The zero-order chi connectivity index (χ0) is 28.2. The molecule has 0 nitrogen and oxygen atoms in total. The smallest absolute Gasteiger partial charge is 0.101 e. The normalized spacial score (nSPS) is 11.4. The van der Waals surface area contributed by atoms with E-state index in [-0.39, 0.29) is 0 Å². The maximum Gasteiger partial charge on any atom is 0.113 e. The van der Waals surface area contributed by atoms with E-state index in [1.165, 1.54) is 33.0 Å². The summed E-state index contributed by atoms with van der Waals surface area (Å²) in [6, 6.07) is 40.6. The van der Waals surface area contributed by atoms with Crippen molar-refractivity contribution < 1.29 is 0 Å². The van der Waals surface area contributed by atoms with Gasteiger partial charge in [0.25, 0.3) is 0 Å². The molecule has 7 aromatic rings. The number of hydrogen-bond donors (Lipinski definition) is 0. The van der Waals surface area contributed by atoms with Crippen LogP contribution in [0.3, 0.4) is 0 Å². The molecule has 41 heavy (non-hydrogen) atoms. The van der Waals surface area contributed by atoms with E-state index in [4.69, 9.17) is 31.4 Å². The molecule has 0 aliphatic heterocycles. The Morgan fingerprint density at radius 1 is 0.390 bits per heavy atom. The molecule has 0 saturated carbocycles. The molecule has 8 radical (unpaired) electrons. The Labute approximate surface area is 246 Å². The lowest BCUT2D eigenvalue weighted by atomic mass is 9.63. The summed E-state index contributed by atoms with van der Waals surface area (Å²) in [5.74, 6) is 0. The Morgan fingerprint density at radius 2 is 0.854 bits per heavy atom. The van der Waals surface area contributed by atoms with Crippen molar-refractivity contribution in [1.82, 2.24) is 0 Å². The second-order valence-corrected chi connectivity index (χ2v) is 10.6. The molecule has 7 aromatic carbocycles. The van der Waals surface area contributed by atoms with Crippen LogP contribution in [0, 0.1) is 6.92 Å². The molecule has 0 aromatic heterocycles. The molecule has 0 bridgehead atoms. The number of hydrogen-bond acceptors (Lipinski definition) is 0. The topological polar surface area (TPSA) is 0 Å². The predicted octanol–water partition coefficient (Wildman–Crippen LogP) is 5.63. The van der Waals surface area contributed by atoms with Crippen LogP contribution in [0.2, 0.25) is 0 Å². The van der Waals surface area contributed by atoms with Gasteiger partial charge in [0.1, 0.15) is 31.4 Å². The standard InChI is InChI=1S/C37H22B4/c1-21-34(38)36(40)33(37(41)35(21)39)32-28-17-9-7-15-26(28)31(27-16-8-10-18-29(27)32)30-20-24(22-11-3-2-4-12-22)19-23-13-5-6-14-25(23)30/h2-20H,1H3. The van der Waals surface area contributed by atoms with Crippen LogP contribution in [0.1, 0.15) is 5.56 Å². The average Bonchev–Trinajstić information content (AvgIpc) is 3.02. The quantitative estimate of drug-likeness (QED) is 0.214. The highest BCUT2D eigenvalue weighted by molar-refractivity contribution is 6.61. The van der Waals surface area contributed by atoms with Crippen LogP contribution < -0.4 is 21.9 Å². The third-order valence-corrected chi connectivity index (χ3v) is 8.35. The van der Waals surface area contributed by atoms with Crippen molar-refractivity contribution in [2.75, 3.05) is 0 Å². The summed E-state index contributed by atoms with van der Waals surface area (Å²) in [5, 5.41) is 6.67. The maximum absolute atomic E-state index is 6.71. The van der Waals surface area contributed by atoms with Gasteiger partial charge in [-0.3, -0.25) is 0 Å². The summed E-state index contributed by atoms with van der Waals surface area (Å²) in [5.41, 5.74) is 8.85. The first-order chi connectivity index (χ1) is 20.0. The summed E-state index contributed by atoms with van der Waals surface area (Å²) >= 11 is 0. The van der Waals surface area contributed by atoms with Crippen LogP contribution in [0.4, 0.5) is 0 Å².